The third-order valence-electron chi connectivity index (χ3n) is 0.822. The van der Waals surface area contributed by atoms with E-state index in [1.54, 1.807) is 19.1 Å². The van der Waals surface area contributed by atoms with Gasteiger partial charge in [0.1, 0.15) is 0 Å². The number of hydrogen-bond donors (Lipinski definition) is 1. The smallest absolute Gasteiger partial charge is 0.321 e. The van der Waals surface area contributed by atoms with Crippen molar-refractivity contribution in [2.75, 3.05) is 6.61 Å². The molecule has 58 valence electrons. The van der Waals surface area contributed by atoms with Crippen molar-refractivity contribution in [3.63, 3.8) is 0 Å². The summed E-state index contributed by atoms with van der Waals surface area (Å²) in [5.41, 5.74) is 0. The van der Waals surface area contributed by atoms with Crippen LogP contribution < -0.4 is 0 Å². The molecule has 0 amide bonds. The molecule has 10 heavy (non-hydrogen) atoms. The fourth-order valence-corrected chi connectivity index (χ4v) is 0.704. The molecule has 0 aliphatic heterocycles. The van der Waals surface area contributed by atoms with E-state index in [1.165, 1.54) is 0 Å². The maximum absolute atomic E-state index is 10.6. The number of hydrogen-bond acceptors (Lipinski definition) is 2. The average molecular weight is 162 g/mol. The molecule has 0 aliphatic carbocycles. The topological polar surface area (TPSA) is 46.5 Å². The summed E-state index contributed by atoms with van der Waals surface area (Å²) >= 11 is 0. The average Bonchev–Trinajstić information content (AvgIpc) is 1.89. The van der Waals surface area contributed by atoms with Crippen LogP contribution in [0.5, 0.6) is 0 Å². The zero-order chi connectivity index (χ0) is 8.04. The first-order valence-corrected chi connectivity index (χ1v) is 4.49. The molecule has 1 unspecified atom stereocenters. The van der Waals surface area contributed by atoms with E-state index in [-0.39, 0.29) is 6.61 Å². The predicted molar refractivity (Wildman–Crippen MR) is 40.8 cm³/mol. The van der Waals surface area contributed by atoms with Crippen LogP contribution in [0.4, 0.5) is 0 Å². The standard InChI is InChI=1S/C6H11O3P/c1-3-5-6-9-10(7,8)4-2/h3-5H,2,6H2,1H3,(H,7,8). The molecule has 0 fully saturated rings. The van der Waals surface area contributed by atoms with Crippen molar-refractivity contribution in [3.8, 4) is 0 Å². The molecule has 0 rings (SSSR count). The Morgan fingerprint density at radius 2 is 2.40 bits per heavy atom. The number of rotatable bonds is 4. The Bertz CT molecular complexity index is 174. The van der Waals surface area contributed by atoms with Crippen LogP contribution in [0.1, 0.15) is 6.92 Å². The lowest BCUT2D eigenvalue weighted by molar-refractivity contribution is 0.297. The van der Waals surface area contributed by atoms with Crippen molar-refractivity contribution >= 4 is 7.60 Å². The first-order chi connectivity index (χ1) is 4.62. The van der Waals surface area contributed by atoms with Gasteiger partial charge in [0.05, 0.1) is 6.61 Å². The van der Waals surface area contributed by atoms with E-state index in [0.29, 0.717) is 0 Å². The first kappa shape index (κ1) is 9.63. The summed E-state index contributed by atoms with van der Waals surface area (Å²) in [6.07, 6.45) is 3.38. The van der Waals surface area contributed by atoms with Crippen LogP contribution in [-0.2, 0) is 9.09 Å². The van der Waals surface area contributed by atoms with Gasteiger partial charge in [0.15, 0.2) is 0 Å². The fourth-order valence-electron chi connectivity index (χ4n) is 0.299. The van der Waals surface area contributed by atoms with Gasteiger partial charge in [-0.25, -0.2) is 0 Å². The number of allylic oxidation sites excluding steroid dienone is 1. The second-order valence-corrected chi connectivity index (χ2v) is 3.36. The van der Waals surface area contributed by atoms with Gasteiger partial charge in [-0.15, -0.1) is 0 Å². The van der Waals surface area contributed by atoms with Gasteiger partial charge >= 0.3 is 7.60 Å². The van der Waals surface area contributed by atoms with E-state index in [9.17, 15) is 4.57 Å². The Hall–Kier alpha value is -0.370. The molecule has 3 nitrogen and oxygen atoms in total. The van der Waals surface area contributed by atoms with E-state index in [2.05, 4.69) is 11.1 Å². The highest BCUT2D eigenvalue weighted by Gasteiger charge is 2.10. The van der Waals surface area contributed by atoms with Crippen LogP contribution in [0.3, 0.4) is 0 Å². The summed E-state index contributed by atoms with van der Waals surface area (Å²) < 4.78 is 15.2. The Morgan fingerprint density at radius 3 is 2.80 bits per heavy atom. The molecule has 0 saturated heterocycles. The van der Waals surface area contributed by atoms with E-state index in [4.69, 9.17) is 4.89 Å². The van der Waals surface area contributed by atoms with Gasteiger partial charge in [0.25, 0.3) is 0 Å². The van der Waals surface area contributed by atoms with Crippen molar-refractivity contribution in [1.29, 1.82) is 0 Å². The van der Waals surface area contributed by atoms with E-state index in [0.717, 1.165) is 5.82 Å². The molecule has 0 aromatic heterocycles. The maximum Gasteiger partial charge on any atom is 0.351 e. The molecule has 0 heterocycles. The van der Waals surface area contributed by atoms with Crippen molar-refractivity contribution in [1.82, 2.24) is 0 Å². The second-order valence-electron chi connectivity index (χ2n) is 1.61. The van der Waals surface area contributed by atoms with Gasteiger partial charge < -0.3 is 9.42 Å². The Labute approximate surface area is 60.6 Å². The quantitative estimate of drug-likeness (QED) is 0.507. The third-order valence-corrected chi connectivity index (χ3v) is 1.80. The van der Waals surface area contributed by atoms with Crippen LogP contribution in [0, 0.1) is 0 Å². The van der Waals surface area contributed by atoms with Crippen LogP contribution in [-0.4, -0.2) is 11.5 Å². The molecule has 0 aliphatic rings. The van der Waals surface area contributed by atoms with E-state index >= 15 is 0 Å². The minimum absolute atomic E-state index is 0.149. The molecule has 0 aromatic carbocycles. The lowest BCUT2D eigenvalue weighted by Crippen LogP contribution is -1.85. The first-order valence-electron chi connectivity index (χ1n) is 2.84. The molecule has 1 atom stereocenters. The molecule has 0 bridgehead atoms. The predicted octanol–water partition coefficient (Wildman–Crippen LogP) is 1.91. The molecule has 0 aromatic rings. The minimum atomic E-state index is -3.49. The maximum atomic E-state index is 10.6. The normalized spacial score (nSPS) is 17.0. The summed E-state index contributed by atoms with van der Waals surface area (Å²) in [6, 6.07) is 0. The molecular formula is C6H11O3P. The molecule has 1 N–H and O–H groups in total. The monoisotopic (exact) mass is 162 g/mol. The molecule has 4 heteroatoms. The van der Waals surface area contributed by atoms with Crippen LogP contribution >= 0.6 is 7.60 Å². The summed E-state index contributed by atoms with van der Waals surface area (Å²) in [7, 11) is -3.49. The van der Waals surface area contributed by atoms with Gasteiger partial charge in [-0.1, -0.05) is 18.7 Å². The molecule has 0 radical (unpaired) electrons. The summed E-state index contributed by atoms with van der Waals surface area (Å²) in [5, 5.41) is 0. The van der Waals surface area contributed by atoms with Crippen LogP contribution in [0.2, 0.25) is 0 Å². The van der Waals surface area contributed by atoms with E-state index < -0.39 is 7.60 Å². The lowest BCUT2D eigenvalue weighted by Gasteiger charge is -2.03. The highest BCUT2D eigenvalue weighted by atomic mass is 31.2. The third kappa shape index (κ3) is 4.50. The zero-order valence-corrected chi connectivity index (χ0v) is 6.75. The summed E-state index contributed by atoms with van der Waals surface area (Å²) in [6.45, 7) is 5.10. The van der Waals surface area contributed by atoms with Gasteiger partial charge in [0, 0.05) is 5.82 Å². The summed E-state index contributed by atoms with van der Waals surface area (Å²) in [5.74, 6) is 0.913. The zero-order valence-electron chi connectivity index (χ0n) is 5.86. The Kier molecular flexibility index (Phi) is 4.28. The lowest BCUT2D eigenvalue weighted by atomic mass is 10.6. The fraction of sp³-hybridized carbons (Fsp3) is 0.333. The van der Waals surface area contributed by atoms with Gasteiger partial charge in [-0.3, -0.25) is 4.57 Å². The molecule has 0 saturated carbocycles. The van der Waals surface area contributed by atoms with Crippen molar-refractivity contribution in [2.45, 2.75) is 6.92 Å². The molecular weight excluding hydrogens is 151 g/mol. The Balaban J connectivity index is 3.68. The largest absolute Gasteiger partial charge is 0.351 e. The Morgan fingerprint density at radius 1 is 1.80 bits per heavy atom. The highest BCUT2D eigenvalue weighted by Crippen LogP contribution is 2.42. The van der Waals surface area contributed by atoms with Gasteiger partial charge in [0.2, 0.25) is 0 Å². The van der Waals surface area contributed by atoms with E-state index in [1.807, 2.05) is 0 Å². The van der Waals surface area contributed by atoms with Crippen LogP contribution in [0.15, 0.2) is 24.5 Å². The minimum Gasteiger partial charge on any atom is -0.321 e. The van der Waals surface area contributed by atoms with Crippen molar-refractivity contribution in [3.05, 3.63) is 24.5 Å². The van der Waals surface area contributed by atoms with Crippen LogP contribution in [0.25, 0.3) is 0 Å². The summed E-state index contributed by atoms with van der Waals surface area (Å²) in [4.78, 5) is 8.73. The van der Waals surface area contributed by atoms with Crippen molar-refractivity contribution < 1.29 is 14.0 Å². The molecule has 0 spiro atoms. The second kappa shape index (κ2) is 4.45. The van der Waals surface area contributed by atoms with Crippen molar-refractivity contribution in [2.24, 2.45) is 0 Å². The van der Waals surface area contributed by atoms with Gasteiger partial charge in [-0.05, 0) is 6.92 Å². The highest BCUT2D eigenvalue weighted by molar-refractivity contribution is 7.56. The van der Waals surface area contributed by atoms with Gasteiger partial charge in [-0.2, -0.15) is 0 Å². The SMILES string of the molecule is C=CP(=O)(O)OCC=CC.